The van der Waals surface area contributed by atoms with Crippen LogP contribution in [0.15, 0.2) is 16.7 Å². The molecule has 1 atom stereocenters. The van der Waals surface area contributed by atoms with E-state index in [1.165, 1.54) is 21.8 Å². The van der Waals surface area contributed by atoms with Crippen molar-refractivity contribution in [2.45, 2.75) is 45.6 Å². The lowest BCUT2D eigenvalue weighted by Crippen LogP contribution is -2.32. The highest BCUT2D eigenvalue weighted by atomic mass is 32.1. The molecule has 1 N–H and O–H groups in total. The van der Waals surface area contributed by atoms with Crippen molar-refractivity contribution >= 4 is 29.0 Å². The molecule has 0 fully saturated rings. The number of aromatic nitrogens is 1. The van der Waals surface area contributed by atoms with Crippen LogP contribution in [-0.2, 0) is 22.4 Å². The van der Waals surface area contributed by atoms with Crippen LogP contribution >= 0.6 is 11.3 Å². The Balaban J connectivity index is 1.63. The van der Waals surface area contributed by atoms with Crippen molar-refractivity contribution in [1.82, 2.24) is 5.16 Å². The monoisotopic (exact) mass is 334 g/mol. The molecule has 3 rings (SSSR count). The maximum Gasteiger partial charge on any atom is 0.349 e. The Kier molecular flexibility index (Phi) is 4.47. The summed E-state index contributed by atoms with van der Waals surface area (Å²) in [5.41, 5.74) is 1.23. The first kappa shape index (κ1) is 15.7. The zero-order chi connectivity index (χ0) is 16.4. The highest BCUT2D eigenvalue weighted by Gasteiger charge is 2.25. The third kappa shape index (κ3) is 3.44. The Morgan fingerprint density at radius 3 is 2.91 bits per heavy atom. The molecule has 6 nitrogen and oxygen atoms in total. The van der Waals surface area contributed by atoms with Gasteiger partial charge in [-0.1, -0.05) is 12.1 Å². The number of carbonyl (C=O) groups excluding carboxylic acids is 2. The summed E-state index contributed by atoms with van der Waals surface area (Å²) in [4.78, 5) is 26.3. The van der Waals surface area contributed by atoms with Gasteiger partial charge in [-0.05, 0) is 44.2 Å². The minimum atomic E-state index is -0.851. The van der Waals surface area contributed by atoms with Crippen LogP contribution in [0.3, 0.4) is 0 Å². The quantitative estimate of drug-likeness (QED) is 0.850. The Bertz CT molecular complexity index is 713. The normalized spacial score (nSPS) is 14.3. The number of rotatable bonds is 5. The zero-order valence-electron chi connectivity index (χ0n) is 13.0. The van der Waals surface area contributed by atoms with Crippen molar-refractivity contribution in [3.05, 3.63) is 33.2 Å². The first-order chi connectivity index (χ1) is 11.1. The molecule has 0 spiro atoms. The van der Waals surface area contributed by atoms with E-state index in [0.717, 1.165) is 19.3 Å². The van der Waals surface area contributed by atoms with E-state index in [1.807, 2.05) is 6.07 Å². The van der Waals surface area contributed by atoms with E-state index in [1.54, 1.807) is 19.9 Å². The highest BCUT2D eigenvalue weighted by Crippen LogP contribution is 2.31. The van der Waals surface area contributed by atoms with Crippen LogP contribution in [0.25, 0.3) is 0 Å². The smallest absolute Gasteiger partial charge is 0.349 e. The predicted octanol–water partition coefficient (Wildman–Crippen LogP) is 3.11. The number of carbonyl (C=O) groups is 2. The van der Waals surface area contributed by atoms with E-state index in [-0.39, 0.29) is 0 Å². The second-order valence-electron chi connectivity index (χ2n) is 5.53. The molecule has 2 aromatic rings. The molecular formula is C16H18N2O4S. The molecule has 1 unspecified atom stereocenters. The van der Waals surface area contributed by atoms with E-state index in [2.05, 4.69) is 10.5 Å². The molecule has 0 saturated carbocycles. The van der Waals surface area contributed by atoms with Gasteiger partial charge < -0.3 is 14.6 Å². The summed E-state index contributed by atoms with van der Waals surface area (Å²) in [6, 6.07) is 3.50. The van der Waals surface area contributed by atoms with Gasteiger partial charge in [-0.3, -0.25) is 4.79 Å². The second-order valence-corrected chi connectivity index (χ2v) is 6.66. The highest BCUT2D eigenvalue weighted by molar-refractivity contribution is 7.14. The van der Waals surface area contributed by atoms with Crippen molar-refractivity contribution in [2.75, 3.05) is 5.32 Å². The lowest BCUT2D eigenvalue weighted by Gasteiger charge is -2.14. The summed E-state index contributed by atoms with van der Waals surface area (Å²) < 4.78 is 10.3. The molecule has 0 radical (unpaired) electrons. The van der Waals surface area contributed by atoms with Gasteiger partial charge in [-0.25, -0.2) is 4.79 Å². The Hall–Kier alpha value is -2.15. The summed E-state index contributed by atoms with van der Waals surface area (Å²) in [5, 5.41) is 6.29. The number of amides is 1. The van der Waals surface area contributed by atoms with E-state index in [9.17, 15) is 9.59 Å². The van der Waals surface area contributed by atoms with Crippen LogP contribution in [0, 0.1) is 6.92 Å². The third-order valence-electron chi connectivity index (χ3n) is 3.74. The molecule has 1 aliphatic rings. The molecule has 0 aromatic carbocycles. The third-order valence-corrected chi connectivity index (χ3v) is 4.96. The fraction of sp³-hybridized carbons (Fsp3) is 0.438. The molecule has 2 heterocycles. The molecule has 7 heteroatoms. The Morgan fingerprint density at radius 2 is 2.26 bits per heavy atom. The van der Waals surface area contributed by atoms with Gasteiger partial charge >= 0.3 is 5.97 Å². The van der Waals surface area contributed by atoms with Crippen molar-refractivity contribution in [3.63, 3.8) is 0 Å². The van der Waals surface area contributed by atoms with E-state index < -0.39 is 18.0 Å². The number of hydrogen-bond donors (Lipinski definition) is 1. The maximum atomic E-state index is 12.3. The number of nitrogens with one attached hydrogen (secondary N) is 1. The van der Waals surface area contributed by atoms with Gasteiger partial charge in [-0.15, -0.1) is 11.3 Å². The van der Waals surface area contributed by atoms with Gasteiger partial charge in [0.15, 0.2) is 11.9 Å². The summed E-state index contributed by atoms with van der Waals surface area (Å²) in [6.45, 7) is 3.52. The minimum Gasteiger partial charge on any atom is -0.448 e. The van der Waals surface area contributed by atoms with Crippen molar-refractivity contribution < 1.29 is 18.8 Å². The fourth-order valence-corrected chi connectivity index (χ4v) is 3.71. The summed E-state index contributed by atoms with van der Waals surface area (Å²) >= 11 is 1.47. The zero-order valence-corrected chi connectivity index (χ0v) is 13.9. The van der Waals surface area contributed by atoms with Crippen LogP contribution in [0.4, 0.5) is 5.82 Å². The lowest BCUT2D eigenvalue weighted by molar-refractivity contribution is -0.124. The SMILES string of the molecule is CCC(OC(=O)c1cc2c(s1)CCC2)C(=O)Nc1cc(C)on1. The van der Waals surface area contributed by atoms with Crippen LogP contribution in [-0.4, -0.2) is 23.1 Å². The van der Waals surface area contributed by atoms with Crippen LogP contribution < -0.4 is 5.32 Å². The number of aryl methyl sites for hydroxylation is 3. The van der Waals surface area contributed by atoms with Crippen molar-refractivity contribution in [2.24, 2.45) is 0 Å². The standard InChI is InChI=1S/C16H18N2O4S/c1-3-11(15(19)17-14-7-9(2)22-18-14)21-16(20)13-8-10-5-4-6-12(10)23-13/h7-8,11H,3-6H2,1-2H3,(H,17,18,19). The summed E-state index contributed by atoms with van der Waals surface area (Å²) in [5.74, 6) is 0.0662. The average Bonchev–Trinajstić information content (AvgIpc) is 3.20. The molecule has 2 aromatic heterocycles. The molecule has 1 amide bonds. The first-order valence-electron chi connectivity index (χ1n) is 7.63. The molecule has 0 aliphatic heterocycles. The second kappa shape index (κ2) is 6.54. The van der Waals surface area contributed by atoms with Gasteiger partial charge in [0.25, 0.3) is 5.91 Å². The van der Waals surface area contributed by atoms with E-state index in [4.69, 9.17) is 9.26 Å². The number of thiophene rings is 1. The van der Waals surface area contributed by atoms with Crippen LogP contribution in [0.1, 0.15) is 45.6 Å². The van der Waals surface area contributed by atoms with E-state index >= 15 is 0 Å². The number of anilines is 1. The number of nitrogens with zero attached hydrogens (tertiary/aromatic N) is 1. The van der Waals surface area contributed by atoms with Gasteiger partial charge in [-0.2, -0.15) is 0 Å². The van der Waals surface area contributed by atoms with E-state index in [0.29, 0.717) is 22.9 Å². The van der Waals surface area contributed by atoms with Crippen LogP contribution in [0.5, 0.6) is 0 Å². The van der Waals surface area contributed by atoms with Gasteiger partial charge in [0.1, 0.15) is 10.6 Å². The number of ether oxygens (including phenoxy) is 1. The number of fused-ring (bicyclic) bond motifs is 1. The largest absolute Gasteiger partial charge is 0.448 e. The van der Waals surface area contributed by atoms with Crippen molar-refractivity contribution in [3.8, 4) is 0 Å². The summed E-state index contributed by atoms with van der Waals surface area (Å²) in [7, 11) is 0. The maximum absolute atomic E-state index is 12.3. The molecule has 1 aliphatic carbocycles. The van der Waals surface area contributed by atoms with Gasteiger partial charge in [0, 0.05) is 10.9 Å². The minimum absolute atomic E-state index is 0.317. The van der Waals surface area contributed by atoms with Gasteiger partial charge in [0.05, 0.1) is 0 Å². The molecule has 23 heavy (non-hydrogen) atoms. The topological polar surface area (TPSA) is 81.4 Å². The number of esters is 1. The molecular weight excluding hydrogens is 316 g/mol. The molecule has 0 bridgehead atoms. The summed E-state index contributed by atoms with van der Waals surface area (Å²) in [6.07, 6.45) is 2.72. The molecule has 122 valence electrons. The first-order valence-corrected chi connectivity index (χ1v) is 8.45. The van der Waals surface area contributed by atoms with Crippen molar-refractivity contribution in [1.29, 1.82) is 0 Å². The lowest BCUT2D eigenvalue weighted by atomic mass is 10.2. The predicted molar refractivity (Wildman–Crippen MR) is 85.7 cm³/mol. The Labute approximate surface area is 137 Å². The Morgan fingerprint density at radius 1 is 1.43 bits per heavy atom. The van der Waals surface area contributed by atoms with Crippen LogP contribution in [0.2, 0.25) is 0 Å². The average molecular weight is 334 g/mol. The fourth-order valence-electron chi connectivity index (χ4n) is 2.57. The number of hydrogen-bond acceptors (Lipinski definition) is 6. The van der Waals surface area contributed by atoms with Gasteiger partial charge in [0.2, 0.25) is 0 Å². The molecule has 0 saturated heterocycles.